The van der Waals surface area contributed by atoms with E-state index in [4.69, 9.17) is 15.9 Å². The number of anilines is 1. The molecule has 3 rings (SSSR count). The fourth-order valence-corrected chi connectivity index (χ4v) is 2.86. The molecule has 156 valence electrons. The molecule has 0 aliphatic carbocycles. The Hall–Kier alpha value is -4.38. The molecule has 0 bridgehead atoms. The van der Waals surface area contributed by atoms with Gasteiger partial charge in [0.05, 0.1) is 17.9 Å². The molecule has 1 fully saturated rings. The normalized spacial score (nSPS) is 14.8. The highest BCUT2D eigenvalue weighted by Crippen LogP contribution is 2.25. The topological polar surface area (TPSA) is 102 Å². The molecule has 1 heterocycles. The van der Waals surface area contributed by atoms with E-state index in [9.17, 15) is 19.2 Å². The lowest BCUT2D eigenvalue weighted by atomic mass is 10.1. The number of imide groups is 2. The number of carbonyl (C=O) groups excluding carboxylic acids is 4. The molecule has 1 saturated heterocycles. The number of para-hydroxylation sites is 1. The van der Waals surface area contributed by atoms with Gasteiger partial charge in [-0.25, -0.2) is 14.5 Å². The van der Waals surface area contributed by atoms with Gasteiger partial charge in [-0.15, -0.1) is 6.42 Å². The summed E-state index contributed by atoms with van der Waals surface area (Å²) in [7, 11) is 0. The van der Waals surface area contributed by atoms with Crippen molar-refractivity contribution >= 4 is 35.6 Å². The summed E-state index contributed by atoms with van der Waals surface area (Å²) in [6, 6.07) is 11.5. The first kappa shape index (κ1) is 21.3. The number of terminal acetylenes is 1. The second kappa shape index (κ2) is 9.41. The number of hydrogen-bond donors (Lipinski definition) is 1. The van der Waals surface area contributed by atoms with Gasteiger partial charge in [0, 0.05) is 5.56 Å². The lowest BCUT2D eigenvalue weighted by Gasteiger charge is -2.26. The van der Waals surface area contributed by atoms with Crippen molar-refractivity contribution in [3.05, 3.63) is 65.2 Å². The van der Waals surface area contributed by atoms with Crippen LogP contribution in [-0.4, -0.2) is 37.0 Å². The van der Waals surface area contributed by atoms with Crippen molar-refractivity contribution in [3.63, 3.8) is 0 Å². The number of carbonyl (C=O) groups is 4. The van der Waals surface area contributed by atoms with Gasteiger partial charge in [-0.2, -0.15) is 0 Å². The zero-order valence-electron chi connectivity index (χ0n) is 16.6. The maximum absolute atomic E-state index is 13.0. The number of nitrogens with one attached hydrogen (secondary N) is 1. The molecule has 0 aromatic heterocycles. The van der Waals surface area contributed by atoms with Crippen LogP contribution in [0.5, 0.6) is 5.75 Å². The third kappa shape index (κ3) is 4.62. The Kier molecular flexibility index (Phi) is 6.48. The molecule has 31 heavy (non-hydrogen) atoms. The van der Waals surface area contributed by atoms with E-state index < -0.39 is 23.8 Å². The summed E-state index contributed by atoms with van der Waals surface area (Å²) < 4.78 is 10.4. The minimum Gasteiger partial charge on any atom is -0.480 e. The minimum absolute atomic E-state index is 0.0117. The Labute approximate surface area is 178 Å². The summed E-state index contributed by atoms with van der Waals surface area (Å²) in [5.74, 6) is 0.557. The second-order valence-corrected chi connectivity index (χ2v) is 6.26. The Morgan fingerprint density at radius 2 is 1.84 bits per heavy atom. The van der Waals surface area contributed by atoms with Crippen LogP contribution in [0.25, 0.3) is 6.08 Å². The Morgan fingerprint density at radius 3 is 2.52 bits per heavy atom. The monoisotopic (exact) mass is 418 g/mol. The van der Waals surface area contributed by atoms with Crippen LogP contribution in [0.3, 0.4) is 0 Å². The van der Waals surface area contributed by atoms with Gasteiger partial charge in [0.25, 0.3) is 11.8 Å². The third-order valence-electron chi connectivity index (χ3n) is 4.27. The lowest BCUT2D eigenvalue weighted by Crippen LogP contribution is -2.54. The molecule has 1 N–H and O–H groups in total. The molecule has 8 nitrogen and oxygen atoms in total. The van der Waals surface area contributed by atoms with Gasteiger partial charge in [-0.05, 0) is 43.3 Å². The minimum atomic E-state index is -0.895. The Balaban J connectivity index is 1.94. The predicted molar refractivity (Wildman–Crippen MR) is 112 cm³/mol. The van der Waals surface area contributed by atoms with Gasteiger partial charge in [0.15, 0.2) is 0 Å². The van der Waals surface area contributed by atoms with Crippen LogP contribution >= 0.6 is 0 Å². The van der Waals surface area contributed by atoms with Gasteiger partial charge >= 0.3 is 12.0 Å². The molecule has 1 aliphatic heterocycles. The molecule has 0 saturated carbocycles. The van der Waals surface area contributed by atoms with E-state index in [-0.39, 0.29) is 30.0 Å². The zero-order valence-corrected chi connectivity index (χ0v) is 16.6. The van der Waals surface area contributed by atoms with Crippen LogP contribution in [0.15, 0.2) is 54.1 Å². The Bertz CT molecular complexity index is 1110. The SMILES string of the molecule is C#CCOc1ccccc1/C=C1\C(=O)NC(=O)N(c2ccc(C(=O)OCC)cc2)C1=O. The van der Waals surface area contributed by atoms with Crippen LogP contribution in [0.2, 0.25) is 0 Å². The average Bonchev–Trinajstić information content (AvgIpc) is 2.76. The first-order valence-corrected chi connectivity index (χ1v) is 9.30. The molecule has 8 heteroatoms. The molecule has 0 spiro atoms. The van der Waals surface area contributed by atoms with Crippen molar-refractivity contribution in [1.29, 1.82) is 0 Å². The average molecular weight is 418 g/mol. The zero-order chi connectivity index (χ0) is 22.4. The smallest absolute Gasteiger partial charge is 0.338 e. The molecule has 0 atom stereocenters. The molecule has 4 amide bonds. The summed E-state index contributed by atoms with van der Waals surface area (Å²) >= 11 is 0. The van der Waals surface area contributed by atoms with Crippen LogP contribution in [0.1, 0.15) is 22.8 Å². The Morgan fingerprint density at radius 1 is 1.13 bits per heavy atom. The summed E-state index contributed by atoms with van der Waals surface area (Å²) in [5, 5.41) is 2.14. The molecular weight excluding hydrogens is 400 g/mol. The van der Waals surface area contributed by atoms with Gasteiger partial charge in [0.2, 0.25) is 0 Å². The number of esters is 1. The summed E-state index contributed by atoms with van der Waals surface area (Å²) in [6.45, 7) is 1.91. The molecule has 1 aliphatic rings. The maximum atomic E-state index is 13.0. The molecule has 0 radical (unpaired) electrons. The largest absolute Gasteiger partial charge is 0.480 e. The molecular formula is C23H18N2O6. The fraction of sp³-hybridized carbons (Fsp3) is 0.130. The van der Waals surface area contributed by atoms with E-state index >= 15 is 0 Å². The highest BCUT2D eigenvalue weighted by molar-refractivity contribution is 6.39. The highest BCUT2D eigenvalue weighted by Gasteiger charge is 2.37. The number of ether oxygens (including phenoxy) is 2. The molecule has 2 aromatic rings. The van der Waals surface area contributed by atoms with Crippen LogP contribution < -0.4 is 15.0 Å². The number of barbiturate groups is 1. The van der Waals surface area contributed by atoms with Crippen molar-refractivity contribution in [1.82, 2.24) is 5.32 Å². The number of nitrogens with zero attached hydrogens (tertiary/aromatic N) is 1. The fourth-order valence-electron chi connectivity index (χ4n) is 2.86. The molecule has 0 unspecified atom stereocenters. The van der Waals surface area contributed by atoms with Crippen molar-refractivity contribution in [2.24, 2.45) is 0 Å². The van der Waals surface area contributed by atoms with Crippen molar-refractivity contribution < 1.29 is 28.7 Å². The lowest BCUT2D eigenvalue weighted by molar-refractivity contribution is -0.122. The van der Waals surface area contributed by atoms with Gasteiger partial charge in [0.1, 0.15) is 17.9 Å². The maximum Gasteiger partial charge on any atom is 0.338 e. The van der Waals surface area contributed by atoms with E-state index in [1.807, 2.05) is 0 Å². The number of amides is 4. The first-order valence-electron chi connectivity index (χ1n) is 9.30. The molecule has 2 aromatic carbocycles. The second-order valence-electron chi connectivity index (χ2n) is 6.26. The van der Waals surface area contributed by atoms with Gasteiger partial charge < -0.3 is 9.47 Å². The van der Waals surface area contributed by atoms with Crippen LogP contribution in [0, 0.1) is 12.3 Å². The van der Waals surface area contributed by atoms with E-state index in [1.54, 1.807) is 31.2 Å². The standard InChI is InChI=1S/C23H18N2O6/c1-3-13-31-19-8-6-5-7-16(19)14-18-20(26)24-23(29)25(21(18)27)17-11-9-15(10-12-17)22(28)30-4-2/h1,5-12,14H,4,13H2,2H3,(H,24,26,29)/b18-14+. The quantitative estimate of drug-likeness (QED) is 0.335. The van der Waals surface area contributed by atoms with Gasteiger partial charge in [-0.1, -0.05) is 24.1 Å². The van der Waals surface area contributed by atoms with Gasteiger partial charge in [-0.3, -0.25) is 14.9 Å². The van der Waals surface area contributed by atoms with E-state index in [1.165, 1.54) is 30.3 Å². The third-order valence-corrected chi connectivity index (χ3v) is 4.27. The summed E-state index contributed by atoms with van der Waals surface area (Å²) in [4.78, 5) is 50.3. The van der Waals surface area contributed by atoms with Crippen LogP contribution in [0.4, 0.5) is 10.5 Å². The van der Waals surface area contributed by atoms with E-state index in [0.717, 1.165) is 4.90 Å². The number of rotatable bonds is 6. The summed E-state index contributed by atoms with van der Waals surface area (Å²) in [6.07, 6.45) is 6.55. The first-order chi connectivity index (χ1) is 15.0. The van der Waals surface area contributed by atoms with Crippen LogP contribution in [-0.2, 0) is 14.3 Å². The van der Waals surface area contributed by atoms with E-state index in [0.29, 0.717) is 11.3 Å². The van der Waals surface area contributed by atoms with Crippen molar-refractivity contribution in [2.45, 2.75) is 6.92 Å². The predicted octanol–water partition coefficient (Wildman–Crippen LogP) is 2.54. The van der Waals surface area contributed by atoms with Crippen molar-refractivity contribution in [3.8, 4) is 18.1 Å². The van der Waals surface area contributed by atoms with E-state index in [2.05, 4.69) is 11.2 Å². The number of hydrogen-bond acceptors (Lipinski definition) is 6. The number of benzene rings is 2. The highest BCUT2D eigenvalue weighted by atomic mass is 16.5. The van der Waals surface area contributed by atoms with Crippen molar-refractivity contribution in [2.75, 3.05) is 18.1 Å². The summed E-state index contributed by atoms with van der Waals surface area (Å²) in [5.41, 5.74) is 0.641. The number of urea groups is 1.